The molecule has 1 aromatic rings. The number of piperidine rings is 1. The van der Waals surface area contributed by atoms with E-state index in [0.717, 1.165) is 43.8 Å². The fourth-order valence-corrected chi connectivity index (χ4v) is 6.18. The Hall–Kier alpha value is -1.59. The van der Waals surface area contributed by atoms with Gasteiger partial charge in [-0.1, -0.05) is 6.07 Å². The molecule has 0 spiro atoms. The zero-order valence-corrected chi connectivity index (χ0v) is 16.2. The van der Waals surface area contributed by atoms with E-state index in [0.29, 0.717) is 19.5 Å². The maximum atomic E-state index is 12.2. The lowest BCUT2D eigenvalue weighted by molar-refractivity contribution is -0.149. The van der Waals surface area contributed by atoms with Crippen LogP contribution in [0, 0.1) is 5.92 Å². The van der Waals surface area contributed by atoms with Gasteiger partial charge in [-0.05, 0) is 74.2 Å². The number of rotatable bonds is 2. The first-order valence-electron chi connectivity index (χ1n) is 10.5. The lowest BCUT2D eigenvalue weighted by Crippen LogP contribution is -2.71. The molecular weight excluding hydrogens is 340 g/mol. The summed E-state index contributed by atoms with van der Waals surface area (Å²) < 4.78 is 0. The number of aromatic hydroxyl groups is 1. The lowest BCUT2D eigenvalue weighted by Gasteiger charge is -2.61. The normalized spacial score (nSPS) is 35.9. The first-order chi connectivity index (χ1) is 12.9. The van der Waals surface area contributed by atoms with Crippen molar-refractivity contribution in [3.8, 4) is 5.75 Å². The molecule has 5 nitrogen and oxygen atoms in total. The van der Waals surface area contributed by atoms with Crippen molar-refractivity contribution in [2.24, 2.45) is 5.92 Å². The predicted molar refractivity (Wildman–Crippen MR) is 103 cm³/mol. The van der Waals surface area contributed by atoms with Gasteiger partial charge in [0.1, 0.15) is 5.75 Å². The van der Waals surface area contributed by atoms with Crippen LogP contribution in [0.5, 0.6) is 5.75 Å². The van der Waals surface area contributed by atoms with Gasteiger partial charge in [-0.3, -0.25) is 9.69 Å². The molecular formula is C22H30N2O3. The van der Waals surface area contributed by atoms with Crippen LogP contribution < -0.4 is 0 Å². The Kier molecular flexibility index (Phi) is 3.86. The molecule has 2 N–H and O–H groups in total. The quantitative estimate of drug-likeness (QED) is 0.836. The van der Waals surface area contributed by atoms with Gasteiger partial charge in [0.2, 0.25) is 5.91 Å². The second-order valence-electron chi connectivity index (χ2n) is 9.26. The topological polar surface area (TPSA) is 64.0 Å². The van der Waals surface area contributed by atoms with E-state index in [1.807, 2.05) is 17.0 Å². The van der Waals surface area contributed by atoms with E-state index in [9.17, 15) is 15.0 Å². The van der Waals surface area contributed by atoms with Crippen LogP contribution >= 0.6 is 0 Å². The van der Waals surface area contributed by atoms with Crippen molar-refractivity contribution >= 4 is 5.91 Å². The Labute approximate surface area is 161 Å². The number of likely N-dealkylation sites (tertiary alicyclic amines) is 2. The number of hydrogen-bond donors (Lipinski definition) is 2. The molecule has 1 aromatic carbocycles. The van der Waals surface area contributed by atoms with Gasteiger partial charge in [-0.2, -0.15) is 0 Å². The third-order valence-corrected chi connectivity index (χ3v) is 7.88. The number of hydrogen-bond acceptors (Lipinski definition) is 4. The molecule has 2 aliphatic carbocycles. The number of phenols is 1. The summed E-state index contributed by atoms with van der Waals surface area (Å²) in [6.07, 6.45) is 5.75. The van der Waals surface area contributed by atoms with Crippen LogP contribution in [-0.2, 0) is 16.6 Å². The Morgan fingerprint density at radius 2 is 1.93 bits per heavy atom. The first kappa shape index (κ1) is 17.5. The van der Waals surface area contributed by atoms with E-state index in [4.69, 9.17) is 0 Å². The summed E-state index contributed by atoms with van der Waals surface area (Å²) in [5.74, 6) is 1.16. The highest BCUT2D eigenvalue weighted by Gasteiger charge is 2.63. The molecule has 0 unspecified atom stereocenters. The number of fused-ring (bicyclic) bond motifs is 1. The Balaban J connectivity index is 1.62. The van der Waals surface area contributed by atoms with Crippen LogP contribution in [0.4, 0.5) is 0 Å². The van der Waals surface area contributed by atoms with E-state index in [2.05, 4.69) is 4.90 Å². The standard InChI is InChI=1S/C22H30N2O3/c1-15(25)23-9-6-21-7-10-24(14-16-2-3-16)20(22(21,27)8-11-23)12-17-4-5-18(26)13-19(17)21/h4-5,13,16,20,26-27H,2-3,6-12,14H2,1H3/t20-,21+,22-/m1/s1. The summed E-state index contributed by atoms with van der Waals surface area (Å²) in [7, 11) is 0. The highest BCUT2D eigenvalue weighted by molar-refractivity contribution is 5.73. The Bertz CT molecular complexity index is 777. The van der Waals surface area contributed by atoms with Crippen LogP contribution in [0.3, 0.4) is 0 Å². The summed E-state index contributed by atoms with van der Waals surface area (Å²) in [6.45, 7) is 5.02. The lowest BCUT2D eigenvalue weighted by atomic mass is 9.52. The van der Waals surface area contributed by atoms with Gasteiger partial charge in [-0.25, -0.2) is 0 Å². The van der Waals surface area contributed by atoms with E-state index >= 15 is 0 Å². The Morgan fingerprint density at radius 3 is 2.67 bits per heavy atom. The number of carbonyl (C=O) groups excluding carboxylic acids is 1. The van der Waals surface area contributed by atoms with E-state index in [-0.39, 0.29) is 23.1 Å². The molecule has 0 aromatic heterocycles. The number of aliphatic hydroxyl groups is 1. The summed E-state index contributed by atoms with van der Waals surface area (Å²) in [5, 5.41) is 22.4. The first-order valence-corrected chi connectivity index (χ1v) is 10.5. The minimum Gasteiger partial charge on any atom is -0.508 e. The molecule has 3 atom stereocenters. The minimum absolute atomic E-state index is 0.0918. The zero-order valence-electron chi connectivity index (χ0n) is 16.2. The van der Waals surface area contributed by atoms with E-state index < -0.39 is 5.60 Å². The summed E-state index contributed by atoms with van der Waals surface area (Å²) >= 11 is 0. The molecule has 27 heavy (non-hydrogen) atoms. The van der Waals surface area contributed by atoms with Crippen molar-refractivity contribution in [3.05, 3.63) is 29.3 Å². The third-order valence-electron chi connectivity index (χ3n) is 7.88. The van der Waals surface area contributed by atoms with Crippen LogP contribution in [0.25, 0.3) is 0 Å². The van der Waals surface area contributed by atoms with E-state index in [1.165, 1.54) is 18.4 Å². The molecule has 2 bridgehead atoms. The molecule has 4 aliphatic rings. The molecule has 1 saturated carbocycles. The van der Waals surface area contributed by atoms with Gasteiger partial charge < -0.3 is 15.1 Å². The average molecular weight is 370 g/mol. The van der Waals surface area contributed by atoms with Gasteiger partial charge in [0.05, 0.1) is 5.60 Å². The van der Waals surface area contributed by atoms with Gasteiger partial charge in [-0.15, -0.1) is 0 Å². The molecule has 2 aliphatic heterocycles. The molecule has 2 heterocycles. The van der Waals surface area contributed by atoms with Crippen molar-refractivity contribution in [1.82, 2.24) is 9.80 Å². The number of amides is 1. The van der Waals surface area contributed by atoms with Gasteiger partial charge in [0.25, 0.3) is 0 Å². The second kappa shape index (κ2) is 5.95. The molecule has 1 amide bonds. The zero-order chi connectivity index (χ0) is 18.8. The molecule has 2 saturated heterocycles. The third kappa shape index (κ3) is 2.54. The molecule has 146 valence electrons. The van der Waals surface area contributed by atoms with Crippen molar-refractivity contribution in [3.63, 3.8) is 0 Å². The maximum Gasteiger partial charge on any atom is 0.219 e. The fraction of sp³-hybridized carbons (Fsp3) is 0.682. The predicted octanol–water partition coefficient (Wildman–Crippen LogP) is 2.04. The van der Waals surface area contributed by atoms with Gasteiger partial charge >= 0.3 is 0 Å². The maximum absolute atomic E-state index is 12.2. The number of phenolic OH excluding ortho intramolecular Hbond substituents is 1. The molecule has 0 radical (unpaired) electrons. The summed E-state index contributed by atoms with van der Waals surface area (Å²) in [5.41, 5.74) is 1.18. The van der Waals surface area contributed by atoms with E-state index in [1.54, 1.807) is 13.0 Å². The molecule has 5 heteroatoms. The molecule has 3 fully saturated rings. The summed E-state index contributed by atoms with van der Waals surface area (Å²) in [6, 6.07) is 5.82. The highest BCUT2D eigenvalue weighted by Crippen LogP contribution is 2.56. The Morgan fingerprint density at radius 1 is 1.19 bits per heavy atom. The average Bonchev–Trinajstić information content (AvgIpc) is 3.44. The van der Waals surface area contributed by atoms with Gasteiger partial charge in [0.15, 0.2) is 0 Å². The van der Waals surface area contributed by atoms with Crippen LogP contribution in [0.15, 0.2) is 18.2 Å². The largest absolute Gasteiger partial charge is 0.508 e. The number of carbonyl (C=O) groups is 1. The van der Waals surface area contributed by atoms with Crippen LogP contribution in [0.1, 0.15) is 50.2 Å². The minimum atomic E-state index is -0.842. The molecule has 5 rings (SSSR count). The van der Waals surface area contributed by atoms with Crippen molar-refractivity contribution in [1.29, 1.82) is 0 Å². The van der Waals surface area contributed by atoms with Crippen molar-refractivity contribution in [2.75, 3.05) is 26.2 Å². The number of nitrogens with zero attached hydrogens (tertiary/aromatic N) is 2. The van der Waals surface area contributed by atoms with Crippen LogP contribution in [-0.4, -0.2) is 63.7 Å². The number of benzene rings is 1. The van der Waals surface area contributed by atoms with Crippen molar-refractivity contribution < 1.29 is 15.0 Å². The second-order valence-corrected chi connectivity index (χ2v) is 9.26. The SMILES string of the molecule is CC(=O)N1CC[C@]23CCN(CC4CC4)[C@H](Cc4ccc(O)cc42)[C@]3(O)CC1. The summed E-state index contributed by atoms with van der Waals surface area (Å²) in [4.78, 5) is 16.5. The monoisotopic (exact) mass is 370 g/mol. The van der Waals surface area contributed by atoms with Crippen LogP contribution in [0.2, 0.25) is 0 Å². The highest BCUT2D eigenvalue weighted by atomic mass is 16.3. The fourth-order valence-electron chi connectivity index (χ4n) is 6.18. The van der Waals surface area contributed by atoms with Crippen molar-refractivity contribution in [2.45, 2.75) is 62.5 Å². The van der Waals surface area contributed by atoms with Gasteiger partial charge in [0, 0.05) is 38.0 Å². The smallest absolute Gasteiger partial charge is 0.219 e.